The van der Waals surface area contributed by atoms with Crippen molar-refractivity contribution < 1.29 is 4.42 Å². The minimum absolute atomic E-state index is 0.683. The van der Waals surface area contributed by atoms with Crippen LogP contribution in [0.1, 0.15) is 5.56 Å². The van der Waals surface area contributed by atoms with Crippen LogP contribution < -0.4 is 0 Å². The zero-order valence-electron chi connectivity index (χ0n) is 11.1. The molecule has 0 unspecified atom stereocenters. The molecular formula is C18H13NO. The Kier molecular flexibility index (Phi) is 2.36. The van der Waals surface area contributed by atoms with Gasteiger partial charge in [0.15, 0.2) is 5.58 Å². The van der Waals surface area contributed by atoms with Gasteiger partial charge in [-0.2, -0.15) is 0 Å². The fourth-order valence-electron chi connectivity index (χ4n) is 2.56. The first kappa shape index (κ1) is 11.2. The lowest BCUT2D eigenvalue weighted by molar-refractivity contribution is 0.620. The molecule has 0 aliphatic rings. The number of nitrogens with zero attached hydrogens (tertiary/aromatic N) is 1. The second-order valence-electron chi connectivity index (χ2n) is 5.02. The largest absolute Gasteiger partial charge is 0.436 e. The average Bonchev–Trinajstić information content (AvgIpc) is 2.89. The minimum atomic E-state index is 0.683. The molecule has 4 rings (SSSR count). The van der Waals surface area contributed by atoms with Crippen molar-refractivity contribution in [2.45, 2.75) is 6.92 Å². The van der Waals surface area contributed by atoms with E-state index in [1.54, 1.807) is 0 Å². The lowest BCUT2D eigenvalue weighted by atomic mass is 10.0. The van der Waals surface area contributed by atoms with Gasteiger partial charge in [-0.05, 0) is 41.5 Å². The Balaban J connectivity index is 2.01. The second-order valence-corrected chi connectivity index (χ2v) is 5.02. The van der Waals surface area contributed by atoms with Crippen molar-refractivity contribution in [1.29, 1.82) is 0 Å². The van der Waals surface area contributed by atoms with Gasteiger partial charge < -0.3 is 4.42 Å². The van der Waals surface area contributed by atoms with Crippen molar-refractivity contribution in [2.24, 2.45) is 0 Å². The van der Waals surface area contributed by atoms with E-state index < -0.39 is 0 Å². The normalized spacial score (nSPS) is 11.2. The van der Waals surface area contributed by atoms with Crippen molar-refractivity contribution >= 4 is 21.9 Å². The highest BCUT2D eigenvalue weighted by molar-refractivity contribution is 5.95. The average molecular weight is 259 g/mol. The van der Waals surface area contributed by atoms with E-state index in [0.29, 0.717) is 5.89 Å². The molecular weight excluding hydrogens is 246 g/mol. The van der Waals surface area contributed by atoms with Gasteiger partial charge in [-0.1, -0.05) is 42.5 Å². The summed E-state index contributed by atoms with van der Waals surface area (Å²) in [5.41, 5.74) is 3.96. The van der Waals surface area contributed by atoms with E-state index in [2.05, 4.69) is 42.2 Å². The molecule has 96 valence electrons. The Labute approximate surface area is 116 Å². The second kappa shape index (κ2) is 4.20. The summed E-state index contributed by atoms with van der Waals surface area (Å²) in [4.78, 5) is 4.61. The number of benzene rings is 3. The highest BCUT2D eigenvalue weighted by Crippen LogP contribution is 2.30. The molecule has 0 spiro atoms. The third-order valence-corrected chi connectivity index (χ3v) is 3.56. The molecule has 0 saturated carbocycles. The van der Waals surface area contributed by atoms with Crippen LogP contribution in [0.2, 0.25) is 0 Å². The lowest BCUT2D eigenvalue weighted by Crippen LogP contribution is -1.80. The first-order valence-electron chi connectivity index (χ1n) is 6.66. The highest BCUT2D eigenvalue weighted by atomic mass is 16.3. The van der Waals surface area contributed by atoms with Crippen molar-refractivity contribution in [3.8, 4) is 11.5 Å². The van der Waals surface area contributed by atoms with Crippen LogP contribution in [-0.2, 0) is 0 Å². The number of rotatable bonds is 1. The summed E-state index contributed by atoms with van der Waals surface area (Å²) >= 11 is 0. The number of aromatic nitrogens is 1. The van der Waals surface area contributed by atoms with Gasteiger partial charge in [-0.15, -0.1) is 0 Å². The van der Waals surface area contributed by atoms with Crippen molar-refractivity contribution in [1.82, 2.24) is 4.98 Å². The predicted molar refractivity (Wildman–Crippen MR) is 81.7 cm³/mol. The smallest absolute Gasteiger partial charge is 0.227 e. The van der Waals surface area contributed by atoms with Crippen LogP contribution in [0.5, 0.6) is 0 Å². The van der Waals surface area contributed by atoms with Crippen LogP contribution in [0.25, 0.3) is 33.3 Å². The Morgan fingerprint density at radius 1 is 0.900 bits per heavy atom. The molecule has 1 heterocycles. The third kappa shape index (κ3) is 1.69. The fraction of sp³-hybridized carbons (Fsp3) is 0.0556. The summed E-state index contributed by atoms with van der Waals surface area (Å²) in [6.45, 7) is 2.06. The minimum Gasteiger partial charge on any atom is -0.436 e. The predicted octanol–water partition coefficient (Wildman–Crippen LogP) is 4.96. The quantitative estimate of drug-likeness (QED) is 0.483. The van der Waals surface area contributed by atoms with Gasteiger partial charge in [-0.3, -0.25) is 0 Å². The van der Waals surface area contributed by atoms with Crippen LogP contribution in [-0.4, -0.2) is 4.98 Å². The molecule has 4 aromatic rings. The maximum Gasteiger partial charge on any atom is 0.227 e. The Morgan fingerprint density at radius 2 is 1.75 bits per heavy atom. The standard InChI is InChI=1S/C18H13NO/c1-12-9-10-16-17(11-12)20-18(19-16)15-8-4-6-13-5-2-3-7-14(13)15/h2-11H,1H3. The molecule has 0 amide bonds. The summed E-state index contributed by atoms with van der Waals surface area (Å²) < 4.78 is 5.93. The summed E-state index contributed by atoms with van der Waals surface area (Å²) in [6, 6.07) is 20.6. The number of aryl methyl sites for hydroxylation is 1. The topological polar surface area (TPSA) is 26.0 Å². The third-order valence-electron chi connectivity index (χ3n) is 3.56. The van der Waals surface area contributed by atoms with Crippen molar-refractivity contribution in [3.05, 3.63) is 66.2 Å². The number of hydrogen-bond donors (Lipinski definition) is 0. The maximum atomic E-state index is 5.93. The van der Waals surface area contributed by atoms with E-state index in [1.165, 1.54) is 16.3 Å². The number of fused-ring (bicyclic) bond motifs is 2. The van der Waals surface area contributed by atoms with E-state index in [4.69, 9.17) is 4.42 Å². The van der Waals surface area contributed by atoms with Crippen molar-refractivity contribution in [2.75, 3.05) is 0 Å². The van der Waals surface area contributed by atoms with Gasteiger partial charge in [0, 0.05) is 5.56 Å². The zero-order valence-corrected chi connectivity index (χ0v) is 11.1. The van der Waals surface area contributed by atoms with Gasteiger partial charge in [0.2, 0.25) is 5.89 Å². The van der Waals surface area contributed by atoms with E-state index >= 15 is 0 Å². The van der Waals surface area contributed by atoms with Gasteiger partial charge in [0.1, 0.15) is 5.52 Å². The van der Waals surface area contributed by atoms with E-state index in [-0.39, 0.29) is 0 Å². The number of hydrogen-bond acceptors (Lipinski definition) is 2. The number of oxazole rings is 1. The Hall–Kier alpha value is -2.61. The Bertz CT molecular complexity index is 916. The molecule has 0 fully saturated rings. The van der Waals surface area contributed by atoms with E-state index in [1.807, 2.05) is 30.3 Å². The van der Waals surface area contributed by atoms with E-state index in [0.717, 1.165) is 16.7 Å². The summed E-state index contributed by atoms with van der Waals surface area (Å²) in [5.74, 6) is 0.683. The summed E-state index contributed by atoms with van der Waals surface area (Å²) in [5, 5.41) is 2.36. The molecule has 0 aliphatic carbocycles. The van der Waals surface area contributed by atoms with Gasteiger partial charge in [0.25, 0.3) is 0 Å². The van der Waals surface area contributed by atoms with Crippen LogP contribution in [0.3, 0.4) is 0 Å². The van der Waals surface area contributed by atoms with Crippen LogP contribution in [0.15, 0.2) is 65.1 Å². The monoisotopic (exact) mass is 259 g/mol. The molecule has 0 atom stereocenters. The first-order valence-corrected chi connectivity index (χ1v) is 6.66. The van der Waals surface area contributed by atoms with Gasteiger partial charge >= 0.3 is 0 Å². The molecule has 0 N–H and O–H groups in total. The van der Waals surface area contributed by atoms with E-state index in [9.17, 15) is 0 Å². The zero-order chi connectivity index (χ0) is 13.5. The molecule has 0 saturated heterocycles. The van der Waals surface area contributed by atoms with Gasteiger partial charge in [-0.25, -0.2) is 4.98 Å². The molecule has 2 heteroatoms. The molecule has 0 aliphatic heterocycles. The SMILES string of the molecule is Cc1ccc2nc(-c3cccc4ccccc34)oc2c1. The molecule has 0 bridgehead atoms. The first-order chi connectivity index (χ1) is 9.81. The van der Waals surface area contributed by atoms with Gasteiger partial charge in [0.05, 0.1) is 0 Å². The summed E-state index contributed by atoms with van der Waals surface area (Å²) in [6.07, 6.45) is 0. The van der Waals surface area contributed by atoms with Crippen LogP contribution in [0.4, 0.5) is 0 Å². The molecule has 20 heavy (non-hydrogen) atoms. The molecule has 3 aromatic carbocycles. The fourth-order valence-corrected chi connectivity index (χ4v) is 2.56. The maximum absolute atomic E-state index is 5.93. The molecule has 1 aromatic heterocycles. The Morgan fingerprint density at radius 3 is 2.70 bits per heavy atom. The van der Waals surface area contributed by atoms with Crippen LogP contribution >= 0.6 is 0 Å². The molecule has 0 radical (unpaired) electrons. The van der Waals surface area contributed by atoms with Crippen LogP contribution in [0, 0.1) is 6.92 Å². The summed E-state index contributed by atoms with van der Waals surface area (Å²) in [7, 11) is 0. The highest BCUT2D eigenvalue weighted by Gasteiger charge is 2.10. The molecule has 2 nitrogen and oxygen atoms in total. The van der Waals surface area contributed by atoms with Crippen molar-refractivity contribution in [3.63, 3.8) is 0 Å². The lowest BCUT2D eigenvalue weighted by Gasteiger charge is -2.01.